The van der Waals surface area contributed by atoms with Gasteiger partial charge in [0.1, 0.15) is 0 Å². The first-order valence-electron chi connectivity index (χ1n) is 6.17. The molecule has 18 heavy (non-hydrogen) atoms. The SMILES string of the molecule is CCOc1c(Br)cc(Cl)cc1NC1CCCOC1. The summed E-state index contributed by atoms with van der Waals surface area (Å²) in [5, 5.41) is 4.14. The smallest absolute Gasteiger partial charge is 0.156 e. The summed E-state index contributed by atoms with van der Waals surface area (Å²) in [5.74, 6) is 0.812. The van der Waals surface area contributed by atoms with Crippen molar-refractivity contribution in [2.24, 2.45) is 0 Å². The van der Waals surface area contributed by atoms with E-state index in [-0.39, 0.29) is 0 Å². The van der Waals surface area contributed by atoms with E-state index in [1.165, 1.54) is 0 Å². The average Bonchev–Trinajstić information content (AvgIpc) is 2.35. The van der Waals surface area contributed by atoms with Crippen molar-refractivity contribution in [2.45, 2.75) is 25.8 Å². The highest BCUT2D eigenvalue weighted by Crippen LogP contribution is 2.37. The van der Waals surface area contributed by atoms with Gasteiger partial charge >= 0.3 is 0 Å². The van der Waals surface area contributed by atoms with Crippen LogP contribution >= 0.6 is 27.5 Å². The van der Waals surface area contributed by atoms with E-state index < -0.39 is 0 Å². The van der Waals surface area contributed by atoms with Crippen molar-refractivity contribution in [1.29, 1.82) is 0 Å². The van der Waals surface area contributed by atoms with Gasteiger partial charge in [-0.05, 0) is 47.8 Å². The van der Waals surface area contributed by atoms with Crippen molar-refractivity contribution in [2.75, 3.05) is 25.1 Å². The maximum Gasteiger partial charge on any atom is 0.156 e. The Morgan fingerprint density at radius 1 is 1.56 bits per heavy atom. The molecule has 0 aliphatic carbocycles. The third-order valence-corrected chi connectivity index (χ3v) is 3.62. The molecule has 1 atom stereocenters. The van der Waals surface area contributed by atoms with Gasteiger partial charge in [-0.3, -0.25) is 0 Å². The fraction of sp³-hybridized carbons (Fsp3) is 0.538. The molecule has 0 radical (unpaired) electrons. The monoisotopic (exact) mass is 333 g/mol. The molecule has 1 unspecified atom stereocenters. The summed E-state index contributed by atoms with van der Waals surface area (Å²) in [4.78, 5) is 0. The van der Waals surface area contributed by atoms with Gasteiger partial charge in [-0.15, -0.1) is 0 Å². The summed E-state index contributed by atoms with van der Waals surface area (Å²) in [6, 6.07) is 4.06. The fourth-order valence-electron chi connectivity index (χ4n) is 2.03. The van der Waals surface area contributed by atoms with Crippen LogP contribution in [0.15, 0.2) is 16.6 Å². The van der Waals surface area contributed by atoms with Crippen molar-refractivity contribution < 1.29 is 9.47 Å². The van der Waals surface area contributed by atoms with Crippen LogP contribution in [0.1, 0.15) is 19.8 Å². The minimum absolute atomic E-state index is 0.323. The molecule has 0 saturated carbocycles. The highest BCUT2D eigenvalue weighted by Gasteiger charge is 2.17. The first-order valence-corrected chi connectivity index (χ1v) is 7.34. The van der Waals surface area contributed by atoms with Crippen LogP contribution in [0.2, 0.25) is 5.02 Å². The maximum atomic E-state index is 6.08. The second-order valence-electron chi connectivity index (χ2n) is 4.26. The summed E-state index contributed by atoms with van der Waals surface area (Å²) >= 11 is 9.57. The van der Waals surface area contributed by atoms with Gasteiger partial charge in [0.05, 0.1) is 23.4 Å². The first-order chi connectivity index (χ1) is 8.70. The minimum Gasteiger partial charge on any atom is -0.491 e. The van der Waals surface area contributed by atoms with E-state index in [2.05, 4.69) is 21.2 Å². The summed E-state index contributed by atoms with van der Waals surface area (Å²) < 4.78 is 12.0. The van der Waals surface area contributed by atoms with Crippen LogP contribution in [-0.2, 0) is 4.74 Å². The van der Waals surface area contributed by atoms with Crippen molar-refractivity contribution in [1.82, 2.24) is 0 Å². The topological polar surface area (TPSA) is 30.5 Å². The van der Waals surface area contributed by atoms with Crippen molar-refractivity contribution in [3.05, 3.63) is 21.6 Å². The molecule has 0 bridgehead atoms. The fourth-order valence-corrected chi connectivity index (χ4v) is 2.96. The van der Waals surface area contributed by atoms with Gasteiger partial charge in [-0.25, -0.2) is 0 Å². The molecule has 0 amide bonds. The summed E-state index contributed by atoms with van der Waals surface area (Å²) in [5.41, 5.74) is 0.923. The minimum atomic E-state index is 0.323. The quantitative estimate of drug-likeness (QED) is 0.899. The summed E-state index contributed by atoms with van der Waals surface area (Å²) in [6.45, 7) is 4.18. The van der Waals surface area contributed by atoms with Crippen LogP contribution in [0.25, 0.3) is 0 Å². The Morgan fingerprint density at radius 2 is 2.39 bits per heavy atom. The lowest BCUT2D eigenvalue weighted by Crippen LogP contribution is -2.30. The van der Waals surface area contributed by atoms with Crippen LogP contribution in [-0.4, -0.2) is 25.9 Å². The third kappa shape index (κ3) is 3.53. The van der Waals surface area contributed by atoms with E-state index in [1.807, 2.05) is 19.1 Å². The maximum absolute atomic E-state index is 6.08. The van der Waals surface area contributed by atoms with Gasteiger partial charge < -0.3 is 14.8 Å². The molecule has 0 spiro atoms. The van der Waals surface area contributed by atoms with Gasteiger partial charge in [0.15, 0.2) is 5.75 Å². The number of nitrogens with one attached hydrogen (secondary N) is 1. The normalized spacial score (nSPS) is 19.6. The highest BCUT2D eigenvalue weighted by molar-refractivity contribution is 9.10. The number of hydrogen-bond donors (Lipinski definition) is 1. The predicted molar refractivity (Wildman–Crippen MR) is 77.8 cm³/mol. The van der Waals surface area contributed by atoms with Crippen LogP contribution < -0.4 is 10.1 Å². The molecule has 1 N–H and O–H groups in total. The largest absolute Gasteiger partial charge is 0.491 e. The van der Waals surface area contributed by atoms with E-state index in [9.17, 15) is 0 Å². The zero-order valence-corrected chi connectivity index (χ0v) is 12.7. The lowest BCUT2D eigenvalue weighted by Gasteiger charge is -2.25. The van der Waals surface area contributed by atoms with Gasteiger partial charge in [-0.1, -0.05) is 11.6 Å². The first kappa shape index (κ1) is 14.0. The molecule has 5 heteroatoms. The molecule has 0 aromatic heterocycles. The molecular formula is C13H17BrClNO2. The molecule has 1 aliphatic rings. The Bertz CT molecular complexity index is 408. The van der Waals surface area contributed by atoms with Gasteiger partial charge in [-0.2, -0.15) is 0 Å². The lowest BCUT2D eigenvalue weighted by atomic mass is 10.1. The molecule has 3 nitrogen and oxygen atoms in total. The molecule has 1 heterocycles. The highest BCUT2D eigenvalue weighted by atomic mass is 79.9. The van der Waals surface area contributed by atoms with Gasteiger partial charge in [0.25, 0.3) is 0 Å². The number of rotatable bonds is 4. The molecule has 1 aromatic carbocycles. The van der Waals surface area contributed by atoms with Crippen molar-refractivity contribution in [3.8, 4) is 5.75 Å². The Labute approximate surface area is 121 Å². The molecule has 1 aromatic rings. The molecular weight excluding hydrogens is 318 g/mol. The van der Waals surface area contributed by atoms with Crippen LogP contribution in [0.3, 0.4) is 0 Å². The zero-order chi connectivity index (χ0) is 13.0. The van der Waals surface area contributed by atoms with Gasteiger partial charge in [0.2, 0.25) is 0 Å². The second-order valence-corrected chi connectivity index (χ2v) is 5.55. The Hall–Kier alpha value is -0.450. The van der Waals surface area contributed by atoms with E-state index >= 15 is 0 Å². The zero-order valence-electron chi connectivity index (χ0n) is 10.3. The third-order valence-electron chi connectivity index (χ3n) is 2.82. The van der Waals surface area contributed by atoms with Crippen LogP contribution in [0.4, 0.5) is 5.69 Å². The molecule has 1 aliphatic heterocycles. The lowest BCUT2D eigenvalue weighted by molar-refractivity contribution is 0.0875. The van der Waals surface area contributed by atoms with Crippen molar-refractivity contribution in [3.63, 3.8) is 0 Å². The molecule has 1 fully saturated rings. The number of halogens is 2. The van der Waals surface area contributed by atoms with E-state index in [1.54, 1.807) is 0 Å². The van der Waals surface area contributed by atoms with Crippen LogP contribution in [0, 0.1) is 0 Å². The molecule has 2 rings (SSSR count). The van der Waals surface area contributed by atoms with E-state index in [0.29, 0.717) is 17.7 Å². The Balaban J connectivity index is 2.18. The predicted octanol–water partition coefficient (Wildman–Crippen LogP) is 4.09. The summed E-state index contributed by atoms with van der Waals surface area (Å²) in [6.07, 6.45) is 2.19. The van der Waals surface area contributed by atoms with Gasteiger partial charge in [0, 0.05) is 17.7 Å². The second kappa shape index (κ2) is 6.64. The van der Waals surface area contributed by atoms with E-state index in [0.717, 1.165) is 42.0 Å². The molecule has 1 saturated heterocycles. The standard InChI is InChI=1S/C13H17BrClNO2/c1-2-18-13-11(14)6-9(15)7-12(13)16-10-4-3-5-17-8-10/h6-7,10,16H,2-5,8H2,1H3. The number of ether oxygens (including phenoxy) is 2. The number of hydrogen-bond acceptors (Lipinski definition) is 3. The Morgan fingerprint density at radius 3 is 3.06 bits per heavy atom. The average molecular weight is 335 g/mol. The Kier molecular flexibility index (Phi) is 5.15. The van der Waals surface area contributed by atoms with Crippen molar-refractivity contribution >= 4 is 33.2 Å². The number of benzene rings is 1. The van der Waals surface area contributed by atoms with E-state index in [4.69, 9.17) is 21.1 Å². The van der Waals surface area contributed by atoms with Crippen LogP contribution in [0.5, 0.6) is 5.75 Å². The molecule has 100 valence electrons. The summed E-state index contributed by atoms with van der Waals surface area (Å²) in [7, 11) is 0. The number of anilines is 1.